The summed E-state index contributed by atoms with van der Waals surface area (Å²) in [6, 6.07) is 12.3. The summed E-state index contributed by atoms with van der Waals surface area (Å²) in [4.78, 5) is 39.0. The average molecular weight is 395 g/mol. The monoisotopic (exact) mass is 395 g/mol. The lowest BCUT2D eigenvalue weighted by molar-refractivity contribution is 0.0940. The number of aryl methyl sites for hydroxylation is 1. The third-order valence-corrected chi connectivity index (χ3v) is 4.65. The Bertz CT molecular complexity index is 1140. The standard InChI is InChI=1S/C22H25N3O4/c1-5-25-19-11-8-16(12-18(19)24-21(27)22(25)28)20(26)23-14(4)15-6-9-17(10-7-15)29-13(2)3/h6-14H,5H2,1-4H3,(H,23,26)(H,24,27). The van der Waals surface area contributed by atoms with E-state index in [0.717, 1.165) is 11.3 Å². The highest BCUT2D eigenvalue weighted by atomic mass is 16.5. The van der Waals surface area contributed by atoms with Gasteiger partial charge in [0.25, 0.3) is 5.91 Å². The van der Waals surface area contributed by atoms with Crippen LogP contribution in [0.3, 0.4) is 0 Å². The molecule has 2 N–H and O–H groups in total. The molecule has 0 aliphatic carbocycles. The minimum Gasteiger partial charge on any atom is -0.491 e. The van der Waals surface area contributed by atoms with Crippen molar-refractivity contribution >= 4 is 16.9 Å². The lowest BCUT2D eigenvalue weighted by Crippen LogP contribution is -2.36. The first kappa shape index (κ1) is 20.4. The average Bonchev–Trinajstić information content (AvgIpc) is 2.68. The fraction of sp³-hybridized carbons (Fsp3) is 0.318. The highest BCUT2D eigenvalue weighted by molar-refractivity contribution is 5.97. The van der Waals surface area contributed by atoms with Crippen LogP contribution in [0.1, 0.15) is 49.7 Å². The Balaban J connectivity index is 1.81. The number of carbonyl (C=O) groups is 1. The molecule has 0 aliphatic rings. The number of rotatable bonds is 6. The lowest BCUT2D eigenvalue weighted by atomic mass is 10.1. The number of nitrogens with one attached hydrogen (secondary N) is 2. The van der Waals surface area contributed by atoms with Gasteiger partial charge < -0.3 is 19.6 Å². The van der Waals surface area contributed by atoms with E-state index in [4.69, 9.17) is 4.74 Å². The van der Waals surface area contributed by atoms with Crippen LogP contribution in [0.2, 0.25) is 0 Å². The zero-order chi connectivity index (χ0) is 21.1. The SMILES string of the molecule is CCn1c(=O)c(=O)[nH]c2cc(C(=O)NC(C)c3ccc(OC(C)C)cc3)ccc21. The van der Waals surface area contributed by atoms with Crippen LogP contribution in [-0.4, -0.2) is 21.6 Å². The van der Waals surface area contributed by atoms with Gasteiger partial charge in [-0.2, -0.15) is 0 Å². The first-order valence-electron chi connectivity index (χ1n) is 9.64. The van der Waals surface area contributed by atoms with Crippen molar-refractivity contribution in [2.75, 3.05) is 0 Å². The Kier molecular flexibility index (Phi) is 5.87. The number of aromatic nitrogens is 2. The van der Waals surface area contributed by atoms with Crippen LogP contribution in [-0.2, 0) is 6.54 Å². The Morgan fingerprint density at radius 3 is 2.41 bits per heavy atom. The fourth-order valence-electron chi connectivity index (χ4n) is 3.21. The molecule has 1 aromatic heterocycles. The van der Waals surface area contributed by atoms with E-state index in [1.165, 1.54) is 4.57 Å². The predicted molar refractivity (Wildman–Crippen MR) is 113 cm³/mol. The van der Waals surface area contributed by atoms with Gasteiger partial charge in [-0.15, -0.1) is 0 Å². The van der Waals surface area contributed by atoms with E-state index < -0.39 is 11.1 Å². The van der Waals surface area contributed by atoms with Gasteiger partial charge in [0.05, 0.1) is 23.2 Å². The van der Waals surface area contributed by atoms with Gasteiger partial charge in [-0.1, -0.05) is 12.1 Å². The molecule has 0 saturated carbocycles. The summed E-state index contributed by atoms with van der Waals surface area (Å²) in [5.74, 6) is 0.514. The van der Waals surface area contributed by atoms with Gasteiger partial charge in [0, 0.05) is 12.1 Å². The highest BCUT2D eigenvalue weighted by Gasteiger charge is 2.14. The number of fused-ring (bicyclic) bond motifs is 1. The zero-order valence-electron chi connectivity index (χ0n) is 17.0. The van der Waals surface area contributed by atoms with Gasteiger partial charge in [0.15, 0.2) is 0 Å². The Hall–Kier alpha value is -3.35. The molecular weight excluding hydrogens is 370 g/mol. The van der Waals surface area contributed by atoms with Crippen molar-refractivity contribution in [3.63, 3.8) is 0 Å². The van der Waals surface area contributed by atoms with Crippen molar-refractivity contribution in [2.24, 2.45) is 0 Å². The number of nitrogens with zero attached hydrogens (tertiary/aromatic N) is 1. The van der Waals surface area contributed by atoms with Crippen LogP contribution in [0.15, 0.2) is 52.1 Å². The molecule has 152 valence electrons. The maximum atomic E-state index is 12.7. The topological polar surface area (TPSA) is 93.2 Å². The molecule has 1 amide bonds. The van der Waals surface area contributed by atoms with E-state index in [1.54, 1.807) is 25.1 Å². The number of carbonyl (C=O) groups excluding carboxylic acids is 1. The molecule has 1 heterocycles. The number of aromatic amines is 1. The second-order valence-corrected chi connectivity index (χ2v) is 7.17. The van der Waals surface area contributed by atoms with Crippen molar-refractivity contribution < 1.29 is 9.53 Å². The summed E-state index contributed by atoms with van der Waals surface area (Å²) >= 11 is 0. The van der Waals surface area contributed by atoms with E-state index in [2.05, 4.69) is 10.3 Å². The van der Waals surface area contributed by atoms with Crippen molar-refractivity contribution in [1.29, 1.82) is 0 Å². The van der Waals surface area contributed by atoms with Crippen LogP contribution < -0.4 is 21.2 Å². The molecule has 0 fully saturated rings. The normalized spacial score (nSPS) is 12.2. The van der Waals surface area contributed by atoms with E-state index >= 15 is 0 Å². The number of hydrogen-bond acceptors (Lipinski definition) is 4. The molecule has 3 rings (SSSR count). The quantitative estimate of drug-likeness (QED) is 0.628. The number of amides is 1. The molecule has 2 aromatic carbocycles. The van der Waals surface area contributed by atoms with Crippen LogP contribution in [0.4, 0.5) is 0 Å². The van der Waals surface area contributed by atoms with Crippen LogP contribution in [0, 0.1) is 0 Å². The van der Waals surface area contributed by atoms with Gasteiger partial charge in [-0.3, -0.25) is 14.4 Å². The Labute approximate surface area is 168 Å². The minimum absolute atomic E-state index is 0.0985. The Morgan fingerprint density at radius 2 is 1.79 bits per heavy atom. The summed E-state index contributed by atoms with van der Waals surface area (Å²) in [5, 5.41) is 2.95. The molecule has 1 unspecified atom stereocenters. The van der Waals surface area contributed by atoms with Crippen molar-refractivity contribution in [3.8, 4) is 5.75 Å². The van der Waals surface area contributed by atoms with Gasteiger partial charge >= 0.3 is 11.1 Å². The van der Waals surface area contributed by atoms with Crippen LogP contribution in [0.5, 0.6) is 5.75 Å². The molecule has 1 atom stereocenters. The first-order chi connectivity index (χ1) is 13.8. The largest absolute Gasteiger partial charge is 0.491 e. The second kappa shape index (κ2) is 8.34. The molecule has 0 radical (unpaired) electrons. The molecule has 0 spiro atoms. The van der Waals surface area contributed by atoms with E-state index in [-0.39, 0.29) is 18.1 Å². The molecule has 29 heavy (non-hydrogen) atoms. The van der Waals surface area contributed by atoms with E-state index in [9.17, 15) is 14.4 Å². The summed E-state index contributed by atoms with van der Waals surface area (Å²) < 4.78 is 7.02. The molecule has 7 nitrogen and oxygen atoms in total. The maximum absolute atomic E-state index is 12.7. The lowest BCUT2D eigenvalue weighted by Gasteiger charge is -2.16. The highest BCUT2D eigenvalue weighted by Crippen LogP contribution is 2.19. The zero-order valence-corrected chi connectivity index (χ0v) is 17.0. The van der Waals surface area contributed by atoms with Gasteiger partial charge in [-0.05, 0) is 63.6 Å². The van der Waals surface area contributed by atoms with Crippen molar-refractivity contribution in [3.05, 3.63) is 74.3 Å². The second-order valence-electron chi connectivity index (χ2n) is 7.17. The fourth-order valence-corrected chi connectivity index (χ4v) is 3.21. The molecular formula is C22H25N3O4. The van der Waals surface area contributed by atoms with Crippen molar-refractivity contribution in [1.82, 2.24) is 14.9 Å². The molecule has 0 aliphatic heterocycles. The first-order valence-corrected chi connectivity index (χ1v) is 9.64. The Morgan fingerprint density at radius 1 is 1.10 bits per heavy atom. The van der Waals surface area contributed by atoms with Gasteiger partial charge in [0.2, 0.25) is 0 Å². The minimum atomic E-state index is -0.700. The van der Waals surface area contributed by atoms with Gasteiger partial charge in [-0.25, -0.2) is 0 Å². The molecule has 0 bridgehead atoms. The van der Waals surface area contributed by atoms with E-state index in [0.29, 0.717) is 23.1 Å². The molecule has 0 saturated heterocycles. The van der Waals surface area contributed by atoms with Crippen LogP contribution >= 0.6 is 0 Å². The van der Waals surface area contributed by atoms with Crippen LogP contribution in [0.25, 0.3) is 11.0 Å². The number of benzene rings is 2. The number of ether oxygens (including phenoxy) is 1. The molecule has 7 heteroatoms. The molecule has 3 aromatic rings. The number of H-pyrrole nitrogens is 1. The summed E-state index contributed by atoms with van der Waals surface area (Å²) in [6.07, 6.45) is 0.0985. The third-order valence-electron chi connectivity index (χ3n) is 4.65. The smallest absolute Gasteiger partial charge is 0.316 e. The van der Waals surface area contributed by atoms with Gasteiger partial charge in [0.1, 0.15) is 5.75 Å². The third kappa shape index (κ3) is 4.39. The summed E-state index contributed by atoms with van der Waals surface area (Å²) in [6.45, 7) is 7.99. The van der Waals surface area contributed by atoms with Crippen molar-refractivity contribution in [2.45, 2.75) is 46.4 Å². The van der Waals surface area contributed by atoms with E-state index in [1.807, 2.05) is 45.0 Å². The maximum Gasteiger partial charge on any atom is 0.316 e. The predicted octanol–water partition coefficient (Wildman–Crippen LogP) is 2.99. The summed E-state index contributed by atoms with van der Waals surface area (Å²) in [5.41, 5.74) is 1.09. The number of hydrogen-bond donors (Lipinski definition) is 2. The summed E-state index contributed by atoms with van der Waals surface area (Å²) in [7, 11) is 0.